The lowest BCUT2D eigenvalue weighted by Crippen LogP contribution is -1.92. The molecule has 0 aromatic heterocycles. The molecule has 0 heterocycles. The summed E-state index contributed by atoms with van der Waals surface area (Å²) in [5.74, 6) is 0.751. The Labute approximate surface area is 200 Å². The van der Waals surface area contributed by atoms with E-state index in [1.54, 1.807) is 0 Å². The third-order valence-electron chi connectivity index (χ3n) is 6.88. The summed E-state index contributed by atoms with van der Waals surface area (Å²) in [6.45, 7) is 4.54. The molecule has 32 heavy (non-hydrogen) atoms. The van der Waals surface area contributed by atoms with E-state index in [1.165, 1.54) is 116 Å². The van der Waals surface area contributed by atoms with Crippen LogP contribution in [0.2, 0.25) is 0 Å². The van der Waals surface area contributed by atoms with E-state index >= 15 is 0 Å². The Balaban J connectivity index is 2.11. The molecule has 0 atom stereocenters. The average molecular weight is 447 g/mol. The van der Waals surface area contributed by atoms with Gasteiger partial charge in [-0.3, -0.25) is 0 Å². The van der Waals surface area contributed by atoms with Crippen molar-refractivity contribution in [2.45, 2.75) is 155 Å². The van der Waals surface area contributed by atoms with E-state index in [2.05, 4.69) is 13.8 Å². The fourth-order valence-corrected chi connectivity index (χ4v) is 4.67. The highest BCUT2D eigenvalue weighted by Gasteiger charge is 2.09. The van der Waals surface area contributed by atoms with Gasteiger partial charge in [0.2, 0.25) is 0 Å². The first-order valence-electron chi connectivity index (χ1n) is 14.2. The van der Waals surface area contributed by atoms with Crippen LogP contribution in [0.4, 0.5) is 0 Å². The number of benzene rings is 1. The van der Waals surface area contributed by atoms with Gasteiger partial charge >= 0.3 is 0 Å². The van der Waals surface area contributed by atoms with E-state index in [-0.39, 0.29) is 0 Å². The summed E-state index contributed by atoms with van der Waals surface area (Å²) in [6.07, 6.45) is 28.1. The fraction of sp³-hybridized carbons (Fsp3) is 0.800. The molecule has 0 unspecified atom stereocenters. The number of hydrogen-bond donors (Lipinski definition) is 2. The smallest absolute Gasteiger partial charge is 0.119 e. The highest BCUT2D eigenvalue weighted by molar-refractivity contribution is 5.45. The van der Waals surface area contributed by atoms with Crippen LogP contribution in [0.15, 0.2) is 12.1 Å². The minimum Gasteiger partial charge on any atom is -0.508 e. The molecule has 0 radical (unpaired) electrons. The number of phenolic OH excluding ortho intramolecular Hbond substituents is 2. The van der Waals surface area contributed by atoms with Crippen LogP contribution in [0.25, 0.3) is 0 Å². The normalized spacial score (nSPS) is 11.3. The summed E-state index contributed by atoms with van der Waals surface area (Å²) in [6, 6.07) is 3.63. The monoisotopic (exact) mass is 446 g/mol. The van der Waals surface area contributed by atoms with Gasteiger partial charge in [0.1, 0.15) is 11.5 Å². The zero-order valence-corrected chi connectivity index (χ0v) is 21.6. The van der Waals surface area contributed by atoms with Crippen LogP contribution >= 0.6 is 0 Å². The van der Waals surface area contributed by atoms with Crippen LogP contribution in [0.5, 0.6) is 11.5 Å². The van der Waals surface area contributed by atoms with E-state index in [0.717, 1.165) is 36.8 Å². The van der Waals surface area contributed by atoms with Gasteiger partial charge < -0.3 is 10.2 Å². The average Bonchev–Trinajstić information content (AvgIpc) is 2.79. The molecule has 0 aliphatic carbocycles. The Morgan fingerprint density at radius 3 is 0.938 bits per heavy atom. The number of hydrogen-bond acceptors (Lipinski definition) is 2. The van der Waals surface area contributed by atoms with Crippen LogP contribution in [-0.2, 0) is 12.8 Å². The van der Waals surface area contributed by atoms with Crippen molar-refractivity contribution in [2.24, 2.45) is 0 Å². The molecule has 2 N–H and O–H groups in total. The van der Waals surface area contributed by atoms with Crippen LogP contribution in [0.3, 0.4) is 0 Å². The Morgan fingerprint density at radius 2 is 0.656 bits per heavy atom. The molecule has 1 rings (SSSR count). The third kappa shape index (κ3) is 14.8. The van der Waals surface area contributed by atoms with Crippen molar-refractivity contribution in [1.29, 1.82) is 0 Å². The molecular weight excluding hydrogens is 392 g/mol. The summed E-state index contributed by atoms with van der Waals surface area (Å²) in [5, 5.41) is 20.8. The first kappa shape index (κ1) is 28.9. The lowest BCUT2D eigenvalue weighted by molar-refractivity contribution is 0.445. The lowest BCUT2D eigenvalue weighted by Gasteiger charge is -2.10. The second-order valence-corrected chi connectivity index (χ2v) is 9.97. The first-order valence-corrected chi connectivity index (χ1v) is 14.2. The summed E-state index contributed by atoms with van der Waals surface area (Å²) < 4.78 is 0. The van der Waals surface area contributed by atoms with Crippen molar-refractivity contribution in [2.75, 3.05) is 0 Å². The van der Waals surface area contributed by atoms with Crippen molar-refractivity contribution < 1.29 is 10.2 Å². The Kier molecular flexibility index (Phi) is 18.4. The van der Waals surface area contributed by atoms with Crippen LogP contribution < -0.4 is 0 Å². The molecule has 1 aromatic carbocycles. The van der Waals surface area contributed by atoms with E-state index in [4.69, 9.17) is 0 Å². The summed E-state index contributed by atoms with van der Waals surface area (Å²) in [5.41, 5.74) is 1.82. The molecule has 0 aliphatic heterocycles. The standard InChI is InChI=1S/C30H54O2/c1-3-5-7-9-11-13-15-17-19-21-23-27-25-30(32)28(26-29(27)31)24-22-20-18-16-14-12-10-8-6-4-2/h25-26,31-32H,3-24H2,1-2H3. The highest BCUT2D eigenvalue weighted by atomic mass is 16.3. The SMILES string of the molecule is CCCCCCCCCCCCc1cc(O)c(CCCCCCCCCCCC)cc1O. The van der Waals surface area contributed by atoms with E-state index in [0.29, 0.717) is 11.5 Å². The molecule has 0 saturated heterocycles. The second-order valence-electron chi connectivity index (χ2n) is 9.97. The maximum Gasteiger partial charge on any atom is 0.119 e. The van der Waals surface area contributed by atoms with Gasteiger partial charge in [0.05, 0.1) is 0 Å². The Bertz CT molecular complexity index is 502. The quantitative estimate of drug-likeness (QED) is 0.137. The second kappa shape index (κ2) is 20.4. The van der Waals surface area contributed by atoms with E-state index < -0.39 is 0 Å². The van der Waals surface area contributed by atoms with Gasteiger partial charge in [-0.2, -0.15) is 0 Å². The van der Waals surface area contributed by atoms with E-state index in [1.807, 2.05) is 12.1 Å². The van der Waals surface area contributed by atoms with Gasteiger partial charge in [0, 0.05) is 0 Å². The Morgan fingerprint density at radius 1 is 0.406 bits per heavy atom. The molecular formula is C30H54O2. The van der Waals surface area contributed by atoms with Crippen molar-refractivity contribution >= 4 is 0 Å². The molecule has 0 bridgehead atoms. The Hall–Kier alpha value is -1.18. The largest absolute Gasteiger partial charge is 0.508 e. The van der Waals surface area contributed by atoms with Crippen LogP contribution in [0, 0.1) is 0 Å². The molecule has 1 aromatic rings. The number of aryl methyl sites for hydroxylation is 2. The molecule has 186 valence electrons. The van der Waals surface area contributed by atoms with Gasteiger partial charge in [0.25, 0.3) is 0 Å². The summed E-state index contributed by atoms with van der Waals surface area (Å²) in [7, 11) is 0. The van der Waals surface area contributed by atoms with Gasteiger partial charge in [-0.05, 0) is 48.9 Å². The molecule has 0 fully saturated rings. The van der Waals surface area contributed by atoms with Crippen molar-refractivity contribution in [3.05, 3.63) is 23.3 Å². The third-order valence-corrected chi connectivity index (χ3v) is 6.88. The fourth-order valence-electron chi connectivity index (χ4n) is 4.67. The van der Waals surface area contributed by atoms with E-state index in [9.17, 15) is 10.2 Å². The topological polar surface area (TPSA) is 40.5 Å². The van der Waals surface area contributed by atoms with Crippen LogP contribution in [0.1, 0.15) is 153 Å². The number of phenols is 2. The minimum absolute atomic E-state index is 0.376. The predicted molar refractivity (Wildman–Crippen MR) is 141 cm³/mol. The van der Waals surface area contributed by atoms with Crippen molar-refractivity contribution in [3.8, 4) is 11.5 Å². The maximum absolute atomic E-state index is 10.4. The predicted octanol–water partition coefficient (Wildman–Crippen LogP) is 10.0. The lowest BCUT2D eigenvalue weighted by atomic mass is 9.98. The van der Waals surface area contributed by atoms with Gasteiger partial charge in [-0.1, -0.05) is 129 Å². The van der Waals surface area contributed by atoms with Crippen molar-refractivity contribution in [1.82, 2.24) is 0 Å². The minimum atomic E-state index is 0.376. The van der Waals surface area contributed by atoms with Crippen LogP contribution in [-0.4, -0.2) is 10.2 Å². The zero-order valence-electron chi connectivity index (χ0n) is 21.6. The molecule has 2 nitrogen and oxygen atoms in total. The molecule has 0 spiro atoms. The zero-order chi connectivity index (χ0) is 23.3. The molecule has 0 amide bonds. The first-order chi connectivity index (χ1) is 15.7. The molecule has 2 heteroatoms. The highest BCUT2D eigenvalue weighted by Crippen LogP contribution is 2.30. The number of aromatic hydroxyl groups is 2. The summed E-state index contributed by atoms with van der Waals surface area (Å²) >= 11 is 0. The maximum atomic E-state index is 10.4. The summed E-state index contributed by atoms with van der Waals surface area (Å²) in [4.78, 5) is 0. The molecule has 0 aliphatic rings. The number of unbranched alkanes of at least 4 members (excludes halogenated alkanes) is 18. The van der Waals surface area contributed by atoms with Gasteiger partial charge in [-0.25, -0.2) is 0 Å². The van der Waals surface area contributed by atoms with Gasteiger partial charge in [-0.15, -0.1) is 0 Å². The van der Waals surface area contributed by atoms with Gasteiger partial charge in [0.15, 0.2) is 0 Å². The molecule has 0 saturated carbocycles. The van der Waals surface area contributed by atoms with Crippen molar-refractivity contribution in [3.63, 3.8) is 0 Å². The number of rotatable bonds is 22.